The Morgan fingerprint density at radius 3 is 2.78 bits per heavy atom. The van der Waals surface area contributed by atoms with E-state index in [0.717, 1.165) is 18.8 Å². The molecule has 1 aromatic rings. The van der Waals surface area contributed by atoms with Crippen molar-refractivity contribution in [2.45, 2.75) is 25.7 Å². The SMILES string of the molecule is CNCC1(CNC(=O)Cc2ccccn2)CCC1. The molecule has 0 atom stereocenters. The number of amides is 1. The highest BCUT2D eigenvalue weighted by Gasteiger charge is 2.36. The molecule has 0 radical (unpaired) electrons. The molecule has 2 N–H and O–H groups in total. The first kappa shape index (κ1) is 13.0. The van der Waals surface area contributed by atoms with E-state index in [2.05, 4.69) is 15.6 Å². The van der Waals surface area contributed by atoms with Gasteiger partial charge in [-0.25, -0.2) is 0 Å². The molecule has 18 heavy (non-hydrogen) atoms. The third-order valence-electron chi connectivity index (χ3n) is 3.69. The molecular weight excluding hydrogens is 226 g/mol. The van der Waals surface area contributed by atoms with Crippen LogP contribution >= 0.6 is 0 Å². The molecule has 1 saturated carbocycles. The first-order valence-corrected chi connectivity index (χ1v) is 6.55. The highest BCUT2D eigenvalue weighted by molar-refractivity contribution is 5.78. The van der Waals surface area contributed by atoms with Gasteiger partial charge in [-0.15, -0.1) is 0 Å². The van der Waals surface area contributed by atoms with Crippen LogP contribution in [0.4, 0.5) is 0 Å². The summed E-state index contributed by atoms with van der Waals surface area (Å²) in [6.45, 7) is 1.76. The Labute approximate surface area is 108 Å². The highest BCUT2D eigenvalue weighted by atomic mass is 16.1. The van der Waals surface area contributed by atoms with Crippen LogP contribution in [-0.4, -0.2) is 31.0 Å². The Kier molecular flexibility index (Phi) is 4.31. The second-order valence-electron chi connectivity index (χ2n) is 5.16. The van der Waals surface area contributed by atoms with Crippen molar-refractivity contribution in [3.63, 3.8) is 0 Å². The van der Waals surface area contributed by atoms with Gasteiger partial charge in [0, 0.05) is 30.4 Å². The van der Waals surface area contributed by atoms with Crippen molar-refractivity contribution in [3.8, 4) is 0 Å². The fourth-order valence-electron chi connectivity index (χ4n) is 2.48. The molecule has 1 aromatic heterocycles. The van der Waals surface area contributed by atoms with Crippen LogP contribution < -0.4 is 10.6 Å². The largest absolute Gasteiger partial charge is 0.355 e. The lowest BCUT2D eigenvalue weighted by atomic mass is 9.68. The van der Waals surface area contributed by atoms with E-state index >= 15 is 0 Å². The monoisotopic (exact) mass is 247 g/mol. The summed E-state index contributed by atoms with van der Waals surface area (Å²) in [5.74, 6) is 0.0658. The Bertz CT molecular complexity index is 387. The number of pyridine rings is 1. The smallest absolute Gasteiger partial charge is 0.226 e. The lowest BCUT2D eigenvalue weighted by molar-refractivity contribution is -0.121. The Balaban J connectivity index is 1.78. The molecule has 98 valence electrons. The lowest BCUT2D eigenvalue weighted by Gasteiger charge is -2.42. The second kappa shape index (κ2) is 5.96. The molecule has 4 nitrogen and oxygen atoms in total. The van der Waals surface area contributed by atoms with Crippen molar-refractivity contribution in [1.82, 2.24) is 15.6 Å². The Morgan fingerprint density at radius 1 is 1.39 bits per heavy atom. The van der Waals surface area contributed by atoms with Gasteiger partial charge in [0.05, 0.1) is 6.42 Å². The van der Waals surface area contributed by atoms with Gasteiger partial charge < -0.3 is 10.6 Å². The van der Waals surface area contributed by atoms with E-state index in [1.165, 1.54) is 19.3 Å². The molecule has 2 rings (SSSR count). The summed E-state index contributed by atoms with van der Waals surface area (Å²) >= 11 is 0. The van der Waals surface area contributed by atoms with E-state index < -0.39 is 0 Å². The quantitative estimate of drug-likeness (QED) is 0.792. The standard InChI is InChI=1S/C14H21N3O/c1-15-10-14(6-4-7-14)11-17-13(18)9-12-5-2-3-8-16-12/h2-3,5,8,15H,4,6-7,9-11H2,1H3,(H,17,18). The van der Waals surface area contributed by atoms with Crippen molar-refractivity contribution >= 4 is 5.91 Å². The van der Waals surface area contributed by atoms with E-state index in [1.807, 2.05) is 25.2 Å². The van der Waals surface area contributed by atoms with Gasteiger partial charge in [0.1, 0.15) is 0 Å². The van der Waals surface area contributed by atoms with Gasteiger partial charge in [0.15, 0.2) is 0 Å². The third kappa shape index (κ3) is 3.29. The van der Waals surface area contributed by atoms with Gasteiger partial charge in [-0.2, -0.15) is 0 Å². The third-order valence-corrected chi connectivity index (χ3v) is 3.69. The predicted octanol–water partition coefficient (Wildman–Crippen LogP) is 1.13. The van der Waals surface area contributed by atoms with Gasteiger partial charge in [-0.3, -0.25) is 9.78 Å². The second-order valence-corrected chi connectivity index (χ2v) is 5.16. The van der Waals surface area contributed by atoms with Crippen molar-refractivity contribution in [1.29, 1.82) is 0 Å². The topological polar surface area (TPSA) is 54.0 Å². The number of hydrogen-bond donors (Lipinski definition) is 2. The van der Waals surface area contributed by atoms with E-state index in [1.54, 1.807) is 6.20 Å². The number of hydrogen-bond acceptors (Lipinski definition) is 3. The molecule has 1 aliphatic carbocycles. The Hall–Kier alpha value is -1.42. The number of nitrogens with one attached hydrogen (secondary N) is 2. The summed E-state index contributed by atoms with van der Waals surface area (Å²) in [6, 6.07) is 5.65. The molecule has 0 saturated heterocycles. The number of nitrogens with zero attached hydrogens (tertiary/aromatic N) is 1. The van der Waals surface area contributed by atoms with Crippen LogP contribution in [0.1, 0.15) is 25.0 Å². The number of aromatic nitrogens is 1. The maximum atomic E-state index is 11.8. The zero-order valence-corrected chi connectivity index (χ0v) is 10.9. The molecule has 0 aliphatic heterocycles. The van der Waals surface area contributed by atoms with Gasteiger partial charge in [0.25, 0.3) is 0 Å². The summed E-state index contributed by atoms with van der Waals surface area (Å²) in [4.78, 5) is 16.0. The molecule has 0 bridgehead atoms. The number of carbonyl (C=O) groups excluding carboxylic acids is 1. The number of carbonyl (C=O) groups is 1. The molecular formula is C14H21N3O. The average Bonchev–Trinajstić information content (AvgIpc) is 2.34. The molecule has 0 spiro atoms. The van der Waals surface area contributed by atoms with Gasteiger partial charge in [-0.1, -0.05) is 12.5 Å². The minimum absolute atomic E-state index is 0.0658. The van der Waals surface area contributed by atoms with E-state index in [0.29, 0.717) is 6.42 Å². The van der Waals surface area contributed by atoms with Crippen LogP contribution in [0.3, 0.4) is 0 Å². The molecule has 1 fully saturated rings. The number of rotatable bonds is 6. The summed E-state index contributed by atoms with van der Waals surface area (Å²) in [6.07, 6.45) is 5.78. The molecule has 1 heterocycles. The van der Waals surface area contributed by atoms with E-state index in [-0.39, 0.29) is 11.3 Å². The first-order valence-electron chi connectivity index (χ1n) is 6.55. The fourth-order valence-corrected chi connectivity index (χ4v) is 2.48. The lowest BCUT2D eigenvalue weighted by Crippen LogP contribution is -2.48. The van der Waals surface area contributed by atoms with Crippen LogP contribution in [0.2, 0.25) is 0 Å². The minimum atomic E-state index is 0.0658. The van der Waals surface area contributed by atoms with Crippen LogP contribution in [0, 0.1) is 5.41 Å². The highest BCUT2D eigenvalue weighted by Crippen LogP contribution is 2.39. The minimum Gasteiger partial charge on any atom is -0.355 e. The summed E-state index contributed by atoms with van der Waals surface area (Å²) in [5, 5.41) is 6.26. The summed E-state index contributed by atoms with van der Waals surface area (Å²) in [7, 11) is 1.97. The van der Waals surface area contributed by atoms with Gasteiger partial charge >= 0.3 is 0 Å². The summed E-state index contributed by atoms with van der Waals surface area (Å²) < 4.78 is 0. The van der Waals surface area contributed by atoms with Crippen LogP contribution in [0.25, 0.3) is 0 Å². The molecule has 1 amide bonds. The van der Waals surface area contributed by atoms with Crippen LogP contribution in [-0.2, 0) is 11.2 Å². The fraction of sp³-hybridized carbons (Fsp3) is 0.571. The van der Waals surface area contributed by atoms with Gasteiger partial charge in [0.2, 0.25) is 5.91 Å². The zero-order chi connectivity index (χ0) is 12.8. The van der Waals surface area contributed by atoms with Crippen molar-refractivity contribution in [3.05, 3.63) is 30.1 Å². The predicted molar refractivity (Wildman–Crippen MR) is 71.2 cm³/mol. The maximum absolute atomic E-state index is 11.8. The normalized spacial score (nSPS) is 16.9. The molecule has 0 aromatic carbocycles. The van der Waals surface area contributed by atoms with Crippen molar-refractivity contribution in [2.24, 2.45) is 5.41 Å². The van der Waals surface area contributed by atoms with Crippen LogP contribution in [0.15, 0.2) is 24.4 Å². The summed E-state index contributed by atoms with van der Waals surface area (Å²) in [5.41, 5.74) is 1.11. The average molecular weight is 247 g/mol. The van der Waals surface area contributed by atoms with E-state index in [9.17, 15) is 4.79 Å². The van der Waals surface area contributed by atoms with Crippen molar-refractivity contribution < 1.29 is 4.79 Å². The Morgan fingerprint density at radius 2 is 2.22 bits per heavy atom. The maximum Gasteiger partial charge on any atom is 0.226 e. The van der Waals surface area contributed by atoms with Crippen molar-refractivity contribution in [2.75, 3.05) is 20.1 Å². The first-order chi connectivity index (χ1) is 8.74. The molecule has 4 heteroatoms. The van der Waals surface area contributed by atoms with Crippen LogP contribution in [0.5, 0.6) is 0 Å². The van der Waals surface area contributed by atoms with Gasteiger partial charge in [-0.05, 0) is 32.0 Å². The zero-order valence-electron chi connectivity index (χ0n) is 10.9. The van der Waals surface area contributed by atoms with E-state index in [4.69, 9.17) is 0 Å². The molecule has 0 unspecified atom stereocenters. The molecule has 1 aliphatic rings.